The Hall–Kier alpha value is -2.34. The van der Waals surface area contributed by atoms with Gasteiger partial charge in [0.25, 0.3) is 5.91 Å². The van der Waals surface area contributed by atoms with Crippen LogP contribution < -0.4 is 10.1 Å². The summed E-state index contributed by atoms with van der Waals surface area (Å²) in [6, 6.07) is 15.2. The number of likely N-dealkylation sites (tertiary alicyclic amines) is 1. The Labute approximate surface area is 167 Å². The van der Waals surface area contributed by atoms with Crippen LogP contribution in [0.25, 0.3) is 0 Å². The van der Waals surface area contributed by atoms with Crippen LogP contribution in [0.1, 0.15) is 34.7 Å². The van der Waals surface area contributed by atoms with E-state index in [1.165, 1.54) is 5.56 Å². The van der Waals surface area contributed by atoms with Gasteiger partial charge in [0.15, 0.2) is 0 Å². The molecule has 142 valence electrons. The molecular weight excluding hydrogens is 408 g/mol. The van der Waals surface area contributed by atoms with Gasteiger partial charge >= 0.3 is 0 Å². The quantitative estimate of drug-likeness (QED) is 0.761. The highest BCUT2D eigenvalue weighted by Gasteiger charge is 2.27. The standard InChI is InChI=1S/C21H23BrN2O3/c1-27-19-8-4-15(5-9-19)17-11-13-24(14-17)20(25)10-12-23-21(26)16-2-6-18(22)7-3-16/h2-9,17H,10-14H2,1H3,(H,23,26). The van der Waals surface area contributed by atoms with Gasteiger partial charge in [0.05, 0.1) is 7.11 Å². The van der Waals surface area contributed by atoms with Gasteiger partial charge in [-0.3, -0.25) is 9.59 Å². The first kappa shape index (κ1) is 19.4. The summed E-state index contributed by atoms with van der Waals surface area (Å²) in [7, 11) is 1.65. The number of halogens is 1. The fourth-order valence-corrected chi connectivity index (χ4v) is 3.54. The van der Waals surface area contributed by atoms with Gasteiger partial charge in [0.1, 0.15) is 5.75 Å². The normalized spacial score (nSPS) is 16.2. The van der Waals surface area contributed by atoms with Crippen molar-refractivity contribution >= 4 is 27.7 Å². The Kier molecular flexibility index (Phi) is 6.50. The first-order chi connectivity index (χ1) is 13.1. The predicted molar refractivity (Wildman–Crippen MR) is 108 cm³/mol. The first-order valence-corrected chi connectivity index (χ1v) is 9.81. The van der Waals surface area contributed by atoms with E-state index in [2.05, 4.69) is 33.4 Å². The van der Waals surface area contributed by atoms with Crippen molar-refractivity contribution < 1.29 is 14.3 Å². The molecule has 1 aliphatic heterocycles. The van der Waals surface area contributed by atoms with Gasteiger partial charge in [-0.05, 0) is 48.4 Å². The van der Waals surface area contributed by atoms with Crippen molar-refractivity contribution in [2.75, 3.05) is 26.7 Å². The van der Waals surface area contributed by atoms with E-state index in [1.807, 2.05) is 29.2 Å². The number of nitrogens with one attached hydrogen (secondary N) is 1. The SMILES string of the molecule is COc1ccc(C2CCN(C(=O)CCNC(=O)c3ccc(Br)cc3)C2)cc1. The molecule has 1 fully saturated rings. The first-order valence-electron chi connectivity index (χ1n) is 9.02. The van der Waals surface area contributed by atoms with Gasteiger partial charge in [0, 0.05) is 42.0 Å². The Morgan fingerprint density at radius 3 is 2.52 bits per heavy atom. The minimum absolute atomic E-state index is 0.0853. The molecule has 0 saturated carbocycles. The van der Waals surface area contributed by atoms with Crippen LogP contribution in [0.2, 0.25) is 0 Å². The molecule has 6 heteroatoms. The second kappa shape index (κ2) is 9.04. The topological polar surface area (TPSA) is 58.6 Å². The zero-order chi connectivity index (χ0) is 19.2. The number of methoxy groups -OCH3 is 1. The Morgan fingerprint density at radius 1 is 1.15 bits per heavy atom. The molecule has 1 atom stereocenters. The van der Waals surface area contributed by atoms with E-state index in [4.69, 9.17) is 4.74 Å². The number of ether oxygens (including phenoxy) is 1. The lowest BCUT2D eigenvalue weighted by molar-refractivity contribution is -0.130. The van der Waals surface area contributed by atoms with E-state index in [0.717, 1.165) is 29.7 Å². The molecule has 27 heavy (non-hydrogen) atoms. The maximum atomic E-state index is 12.4. The van der Waals surface area contributed by atoms with E-state index >= 15 is 0 Å². The van der Waals surface area contributed by atoms with E-state index < -0.39 is 0 Å². The van der Waals surface area contributed by atoms with Gasteiger partial charge in [-0.25, -0.2) is 0 Å². The summed E-state index contributed by atoms with van der Waals surface area (Å²) in [6.07, 6.45) is 1.28. The molecule has 1 N–H and O–H groups in total. The number of rotatable bonds is 6. The Morgan fingerprint density at radius 2 is 1.85 bits per heavy atom. The minimum atomic E-state index is -0.159. The van der Waals surface area contributed by atoms with Crippen molar-refractivity contribution in [1.82, 2.24) is 10.2 Å². The van der Waals surface area contributed by atoms with Crippen molar-refractivity contribution in [3.05, 3.63) is 64.1 Å². The summed E-state index contributed by atoms with van der Waals surface area (Å²) < 4.78 is 6.12. The van der Waals surface area contributed by atoms with Crippen LogP contribution in [0.3, 0.4) is 0 Å². The zero-order valence-electron chi connectivity index (χ0n) is 15.3. The maximum absolute atomic E-state index is 12.4. The second-order valence-corrected chi connectivity index (χ2v) is 7.53. The summed E-state index contributed by atoms with van der Waals surface area (Å²) >= 11 is 3.34. The lowest BCUT2D eigenvalue weighted by Gasteiger charge is -2.17. The van der Waals surface area contributed by atoms with Gasteiger partial charge in [0.2, 0.25) is 5.91 Å². The highest BCUT2D eigenvalue weighted by molar-refractivity contribution is 9.10. The van der Waals surface area contributed by atoms with Gasteiger partial charge < -0.3 is 15.0 Å². The van der Waals surface area contributed by atoms with Crippen molar-refractivity contribution in [3.63, 3.8) is 0 Å². The second-order valence-electron chi connectivity index (χ2n) is 6.61. The number of amides is 2. The highest BCUT2D eigenvalue weighted by atomic mass is 79.9. The molecule has 3 rings (SSSR count). The molecule has 2 aromatic carbocycles. The molecule has 0 aromatic heterocycles. The van der Waals surface area contributed by atoms with Crippen molar-refractivity contribution in [2.24, 2.45) is 0 Å². The minimum Gasteiger partial charge on any atom is -0.497 e. The summed E-state index contributed by atoms with van der Waals surface area (Å²) in [5, 5.41) is 2.81. The third-order valence-electron chi connectivity index (χ3n) is 4.86. The lowest BCUT2D eigenvalue weighted by atomic mass is 9.98. The largest absolute Gasteiger partial charge is 0.497 e. The summed E-state index contributed by atoms with van der Waals surface area (Å²) in [6.45, 7) is 1.83. The Bertz CT molecular complexity index is 790. The van der Waals surface area contributed by atoms with Crippen molar-refractivity contribution in [3.8, 4) is 5.75 Å². The molecule has 1 unspecified atom stereocenters. The van der Waals surface area contributed by atoms with Crippen molar-refractivity contribution in [1.29, 1.82) is 0 Å². The van der Waals surface area contributed by atoms with Crippen LogP contribution >= 0.6 is 15.9 Å². The van der Waals surface area contributed by atoms with Crippen LogP contribution in [-0.2, 0) is 4.79 Å². The van der Waals surface area contributed by atoms with Gasteiger partial charge in [-0.2, -0.15) is 0 Å². The number of hydrogen-bond acceptors (Lipinski definition) is 3. The van der Waals surface area contributed by atoms with Crippen LogP contribution in [0, 0.1) is 0 Å². The third-order valence-corrected chi connectivity index (χ3v) is 5.39. The smallest absolute Gasteiger partial charge is 0.251 e. The number of hydrogen-bond donors (Lipinski definition) is 1. The molecule has 0 spiro atoms. The molecular formula is C21H23BrN2O3. The highest BCUT2D eigenvalue weighted by Crippen LogP contribution is 2.28. The lowest BCUT2D eigenvalue weighted by Crippen LogP contribution is -2.33. The molecule has 1 aliphatic rings. The van der Waals surface area contributed by atoms with Crippen LogP contribution in [0.5, 0.6) is 5.75 Å². The number of benzene rings is 2. The molecule has 1 heterocycles. The van der Waals surface area contributed by atoms with Crippen molar-refractivity contribution in [2.45, 2.75) is 18.8 Å². The van der Waals surface area contributed by atoms with E-state index in [9.17, 15) is 9.59 Å². The molecule has 0 aliphatic carbocycles. The fourth-order valence-electron chi connectivity index (χ4n) is 3.28. The molecule has 2 aromatic rings. The summed E-state index contributed by atoms with van der Waals surface area (Å²) in [4.78, 5) is 26.4. The number of carbonyl (C=O) groups excluding carboxylic acids is 2. The average molecular weight is 431 g/mol. The number of carbonyl (C=O) groups is 2. The fraction of sp³-hybridized carbons (Fsp3) is 0.333. The molecule has 2 amide bonds. The third kappa shape index (κ3) is 5.10. The number of nitrogens with zero attached hydrogens (tertiary/aromatic N) is 1. The summed E-state index contributed by atoms with van der Waals surface area (Å²) in [5.41, 5.74) is 1.82. The van der Waals surface area contributed by atoms with Crippen LogP contribution in [0.4, 0.5) is 0 Å². The van der Waals surface area contributed by atoms with Gasteiger partial charge in [-0.15, -0.1) is 0 Å². The Balaban J connectivity index is 1.44. The summed E-state index contributed by atoms with van der Waals surface area (Å²) in [5.74, 6) is 1.12. The molecule has 5 nitrogen and oxygen atoms in total. The van der Waals surface area contributed by atoms with E-state index in [-0.39, 0.29) is 11.8 Å². The average Bonchev–Trinajstić information content (AvgIpc) is 3.19. The monoisotopic (exact) mass is 430 g/mol. The zero-order valence-corrected chi connectivity index (χ0v) is 16.9. The van der Waals surface area contributed by atoms with Crippen LogP contribution in [-0.4, -0.2) is 43.5 Å². The van der Waals surface area contributed by atoms with Crippen LogP contribution in [0.15, 0.2) is 53.0 Å². The van der Waals surface area contributed by atoms with E-state index in [0.29, 0.717) is 24.4 Å². The predicted octanol–water partition coefficient (Wildman–Crippen LogP) is 3.59. The molecule has 1 saturated heterocycles. The van der Waals surface area contributed by atoms with E-state index in [1.54, 1.807) is 19.2 Å². The molecule has 0 bridgehead atoms. The maximum Gasteiger partial charge on any atom is 0.251 e. The van der Waals surface area contributed by atoms with Gasteiger partial charge in [-0.1, -0.05) is 28.1 Å². The molecule has 0 radical (unpaired) electrons.